The average Bonchev–Trinajstić information content (AvgIpc) is 1.88. The predicted octanol–water partition coefficient (Wildman–Crippen LogP) is 1.59. The molecule has 62 valence electrons. The quantitative estimate of drug-likeness (QED) is 0.290. The van der Waals surface area contributed by atoms with Crippen molar-refractivity contribution in [2.45, 2.75) is 13.8 Å². The summed E-state index contributed by atoms with van der Waals surface area (Å²) < 4.78 is 4.39. The molecule has 0 radical (unpaired) electrons. The van der Waals surface area contributed by atoms with E-state index in [0.717, 1.165) is 0 Å². The molecule has 1 N–H and O–H groups in total. The Hall–Kier alpha value is -1.12. The minimum absolute atomic E-state index is 0.167. The Bertz CT molecular complexity index is 163. The van der Waals surface area contributed by atoms with E-state index in [4.69, 9.17) is 5.41 Å². The van der Waals surface area contributed by atoms with Gasteiger partial charge < -0.3 is 4.74 Å². The van der Waals surface area contributed by atoms with Crippen molar-refractivity contribution in [1.82, 2.24) is 0 Å². The van der Waals surface area contributed by atoms with Crippen LogP contribution in [-0.4, -0.2) is 12.4 Å². The molecule has 0 aromatic carbocycles. The molecule has 0 aromatic heterocycles. The van der Waals surface area contributed by atoms with E-state index in [1.807, 2.05) is 13.8 Å². The Morgan fingerprint density at radius 1 is 1.64 bits per heavy atom. The topological polar surface area (TPSA) is 50.2 Å². The molecular weight excluding hydrogens is 142 g/mol. The van der Waals surface area contributed by atoms with E-state index in [2.05, 4.69) is 11.3 Å². The van der Waals surface area contributed by atoms with Gasteiger partial charge in [0.2, 0.25) is 0 Å². The van der Waals surface area contributed by atoms with Gasteiger partial charge in [-0.25, -0.2) is 0 Å². The van der Waals surface area contributed by atoms with E-state index >= 15 is 0 Å². The molecule has 0 aliphatic rings. The highest BCUT2D eigenvalue weighted by atomic mass is 16.5. The Morgan fingerprint density at radius 3 is 2.45 bits per heavy atom. The third-order valence-electron chi connectivity index (χ3n) is 1.42. The second-order valence-corrected chi connectivity index (χ2v) is 2.56. The second-order valence-electron chi connectivity index (χ2n) is 2.56. The first-order valence-electron chi connectivity index (χ1n) is 3.45. The number of hydrogen-bond donors (Lipinski definition) is 1. The molecule has 0 saturated carbocycles. The standard InChI is InChI=1S/C8H13NO2/c1-4-7(6(2)3)8(10)11-5-9/h4-7,9H,1H2,2-3H3. The van der Waals surface area contributed by atoms with Crippen molar-refractivity contribution in [2.75, 3.05) is 0 Å². The van der Waals surface area contributed by atoms with Gasteiger partial charge in [-0.2, -0.15) is 0 Å². The molecule has 0 aliphatic carbocycles. The molecule has 3 heteroatoms. The Kier molecular flexibility index (Phi) is 4.18. The molecule has 3 nitrogen and oxygen atoms in total. The summed E-state index contributed by atoms with van der Waals surface area (Å²) in [6.07, 6.45) is 2.18. The van der Waals surface area contributed by atoms with E-state index in [1.54, 1.807) is 0 Å². The van der Waals surface area contributed by atoms with Gasteiger partial charge >= 0.3 is 5.97 Å². The smallest absolute Gasteiger partial charge is 0.319 e. The van der Waals surface area contributed by atoms with Crippen LogP contribution in [-0.2, 0) is 9.53 Å². The van der Waals surface area contributed by atoms with Crippen molar-refractivity contribution in [2.24, 2.45) is 11.8 Å². The summed E-state index contributed by atoms with van der Waals surface area (Å²) in [5, 5.41) is 6.54. The van der Waals surface area contributed by atoms with Gasteiger partial charge in [0.25, 0.3) is 0 Å². The molecule has 0 saturated heterocycles. The van der Waals surface area contributed by atoms with Crippen LogP contribution >= 0.6 is 0 Å². The highest BCUT2D eigenvalue weighted by Gasteiger charge is 2.19. The van der Waals surface area contributed by atoms with Gasteiger partial charge in [0.15, 0.2) is 6.40 Å². The van der Waals surface area contributed by atoms with Crippen LogP contribution in [0.4, 0.5) is 0 Å². The molecular formula is C8H13NO2. The van der Waals surface area contributed by atoms with Gasteiger partial charge in [-0.05, 0) is 5.92 Å². The van der Waals surface area contributed by atoms with Crippen LogP contribution in [0, 0.1) is 17.2 Å². The van der Waals surface area contributed by atoms with Crippen molar-refractivity contribution in [1.29, 1.82) is 5.41 Å². The van der Waals surface area contributed by atoms with Crippen LogP contribution in [0.5, 0.6) is 0 Å². The number of hydrogen-bond acceptors (Lipinski definition) is 3. The van der Waals surface area contributed by atoms with Gasteiger partial charge in [0.1, 0.15) is 0 Å². The first-order chi connectivity index (χ1) is 5.13. The fraction of sp³-hybridized carbons (Fsp3) is 0.500. The fourth-order valence-electron chi connectivity index (χ4n) is 0.777. The summed E-state index contributed by atoms with van der Waals surface area (Å²) in [6.45, 7) is 7.31. The minimum atomic E-state index is -0.412. The number of carbonyl (C=O) groups excluding carboxylic acids is 1. The third kappa shape index (κ3) is 2.98. The van der Waals surface area contributed by atoms with Gasteiger partial charge in [0.05, 0.1) is 5.92 Å². The first-order valence-corrected chi connectivity index (χ1v) is 3.45. The minimum Gasteiger partial charge on any atom is -0.415 e. The lowest BCUT2D eigenvalue weighted by Crippen LogP contribution is -2.19. The fourth-order valence-corrected chi connectivity index (χ4v) is 0.777. The van der Waals surface area contributed by atoms with Crippen molar-refractivity contribution in [3.05, 3.63) is 12.7 Å². The average molecular weight is 155 g/mol. The van der Waals surface area contributed by atoms with Crippen molar-refractivity contribution < 1.29 is 9.53 Å². The SMILES string of the molecule is C=CC(C(=O)OC=N)C(C)C. The van der Waals surface area contributed by atoms with Crippen molar-refractivity contribution >= 4 is 12.4 Å². The van der Waals surface area contributed by atoms with Crippen LogP contribution < -0.4 is 0 Å². The largest absolute Gasteiger partial charge is 0.415 e. The summed E-state index contributed by atoms with van der Waals surface area (Å²) in [5.74, 6) is -0.554. The Balaban J connectivity index is 4.13. The predicted molar refractivity (Wildman–Crippen MR) is 43.4 cm³/mol. The molecule has 0 aliphatic heterocycles. The molecule has 0 aromatic rings. The van der Waals surface area contributed by atoms with Gasteiger partial charge in [0, 0.05) is 0 Å². The lowest BCUT2D eigenvalue weighted by atomic mass is 9.96. The van der Waals surface area contributed by atoms with Crippen LogP contribution in [0.15, 0.2) is 12.7 Å². The van der Waals surface area contributed by atoms with Gasteiger partial charge in [-0.3, -0.25) is 10.2 Å². The number of ether oxygens (including phenoxy) is 1. The number of carbonyl (C=O) groups is 1. The molecule has 1 atom stereocenters. The number of nitrogens with one attached hydrogen (secondary N) is 1. The maximum atomic E-state index is 11.0. The van der Waals surface area contributed by atoms with Crippen LogP contribution in [0.1, 0.15) is 13.8 Å². The highest BCUT2D eigenvalue weighted by Crippen LogP contribution is 2.12. The van der Waals surface area contributed by atoms with Crippen molar-refractivity contribution in [3.8, 4) is 0 Å². The molecule has 0 heterocycles. The summed E-state index contributed by atoms with van der Waals surface area (Å²) in [7, 11) is 0. The van der Waals surface area contributed by atoms with E-state index in [-0.39, 0.29) is 11.8 Å². The summed E-state index contributed by atoms with van der Waals surface area (Å²) in [4.78, 5) is 11.0. The zero-order valence-electron chi connectivity index (χ0n) is 6.83. The lowest BCUT2D eigenvalue weighted by Gasteiger charge is -2.12. The molecule has 0 bridgehead atoms. The molecule has 11 heavy (non-hydrogen) atoms. The van der Waals surface area contributed by atoms with Crippen molar-refractivity contribution in [3.63, 3.8) is 0 Å². The molecule has 0 fully saturated rings. The molecule has 0 spiro atoms. The third-order valence-corrected chi connectivity index (χ3v) is 1.42. The van der Waals surface area contributed by atoms with Crippen LogP contribution in [0.2, 0.25) is 0 Å². The number of esters is 1. The van der Waals surface area contributed by atoms with Crippen LogP contribution in [0.3, 0.4) is 0 Å². The summed E-state index contributed by atoms with van der Waals surface area (Å²) >= 11 is 0. The maximum Gasteiger partial charge on any atom is 0.319 e. The second kappa shape index (κ2) is 4.66. The summed E-state index contributed by atoms with van der Waals surface area (Å²) in [5.41, 5.74) is 0. The van der Waals surface area contributed by atoms with E-state index in [0.29, 0.717) is 6.40 Å². The molecule has 0 rings (SSSR count). The monoisotopic (exact) mass is 155 g/mol. The van der Waals surface area contributed by atoms with E-state index in [9.17, 15) is 4.79 Å². The highest BCUT2D eigenvalue weighted by molar-refractivity contribution is 5.80. The zero-order chi connectivity index (χ0) is 8.85. The number of rotatable bonds is 4. The molecule has 1 unspecified atom stereocenters. The van der Waals surface area contributed by atoms with Gasteiger partial charge in [-0.1, -0.05) is 19.9 Å². The lowest BCUT2D eigenvalue weighted by molar-refractivity contribution is -0.139. The normalized spacial score (nSPS) is 12.3. The molecule has 0 amide bonds. The Morgan fingerprint density at radius 2 is 2.18 bits per heavy atom. The van der Waals surface area contributed by atoms with Gasteiger partial charge in [-0.15, -0.1) is 6.58 Å². The first kappa shape index (κ1) is 9.88. The van der Waals surface area contributed by atoms with Crippen LogP contribution in [0.25, 0.3) is 0 Å². The van der Waals surface area contributed by atoms with E-state index < -0.39 is 5.97 Å². The van der Waals surface area contributed by atoms with E-state index in [1.165, 1.54) is 6.08 Å². The maximum absolute atomic E-state index is 11.0. The zero-order valence-corrected chi connectivity index (χ0v) is 6.83. The summed E-state index contributed by atoms with van der Waals surface area (Å²) in [6, 6.07) is 0. The Labute approximate surface area is 66.6 Å².